The minimum atomic E-state index is -0.342. The Balaban J connectivity index is 2.02. The second-order valence-corrected chi connectivity index (χ2v) is 6.22. The third-order valence-electron chi connectivity index (χ3n) is 3.59. The topological polar surface area (TPSA) is 12.0 Å². The summed E-state index contributed by atoms with van der Waals surface area (Å²) in [5, 5.41) is 3.33. The molecule has 4 heteroatoms. The van der Waals surface area contributed by atoms with Gasteiger partial charge in [-0.15, -0.1) is 0 Å². The average molecular weight is 371 g/mol. The molecule has 21 heavy (non-hydrogen) atoms. The lowest BCUT2D eigenvalue weighted by molar-refractivity contribution is 0.494. The highest BCUT2D eigenvalue weighted by atomic mass is 79.9. The van der Waals surface area contributed by atoms with Crippen LogP contribution in [0, 0.1) is 5.82 Å². The number of rotatable bonds is 6. The molecule has 0 saturated heterocycles. The van der Waals surface area contributed by atoms with Crippen molar-refractivity contribution in [3.8, 4) is 0 Å². The molecule has 0 aliphatic carbocycles. The second-order valence-electron chi connectivity index (χ2n) is 4.98. The molecule has 0 aliphatic rings. The van der Waals surface area contributed by atoms with Crippen LogP contribution < -0.4 is 5.32 Å². The first-order chi connectivity index (χ1) is 10.1. The van der Waals surface area contributed by atoms with Crippen LogP contribution in [-0.4, -0.2) is 7.05 Å². The van der Waals surface area contributed by atoms with Crippen LogP contribution >= 0.6 is 27.5 Å². The van der Waals surface area contributed by atoms with Gasteiger partial charge in [-0.2, -0.15) is 0 Å². The van der Waals surface area contributed by atoms with Crippen molar-refractivity contribution in [2.24, 2.45) is 0 Å². The first kappa shape index (κ1) is 16.5. The van der Waals surface area contributed by atoms with E-state index < -0.39 is 0 Å². The van der Waals surface area contributed by atoms with Gasteiger partial charge in [0.2, 0.25) is 0 Å². The van der Waals surface area contributed by atoms with Crippen LogP contribution in [0.5, 0.6) is 0 Å². The zero-order valence-electron chi connectivity index (χ0n) is 11.9. The van der Waals surface area contributed by atoms with Gasteiger partial charge in [-0.25, -0.2) is 4.39 Å². The SMILES string of the molecule is CNC(CCCc1ccccc1)c1ccc(Br)c(Cl)c1F. The summed E-state index contributed by atoms with van der Waals surface area (Å²) >= 11 is 9.21. The monoisotopic (exact) mass is 369 g/mol. The van der Waals surface area contributed by atoms with Crippen molar-refractivity contribution in [1.29, 1.82) is 0 Å². The molecule has 0 bridgehead atoms. The first-order valence-corrected chi connectivity index (χ1v) is 8.15. The van der Waals surface area contributed by atoms with Crippen LogP contribution in [-0.2, 0) is 6.42 Å². The van der Waals surface area contributed by atoms with Crippen molar-refractivity contribution in [1.82, 2.24) is 5.32 Å². The molecule has 1 nitrogen and oxygen atoms in total. The fourth-order valence-electron chi connectivity index (χ4n) is 2.42. The van der Waals surface area contributed by atoms with Crippen LogP contribution in [0.4, 0.5) is 4.39 Å². The van der Waals surface area contributed by atoms with E-state index in [-0.39, 0.29) is 16.9 Å². The van der Waals surface area contributed by atoms with E-state index in [0.29, 0.717) is 10.0 Å². The molecule has 0 aliphatic heterocycles. The zero-order valence-corrected chi connectivity index (χ0v) is 14.2. The van der Waals surface area contributed by atoms with Crippen molar-refractivity contribution in [2.75, 3.05) is 7.05 Å². The Morgan fingerprint density at radius 1 is 1.19 bits per heavy atom. The lowest BCUT2D eigenvalue weighted by Gasteiger charge is -2.18. The Kier molecular flexibility index (Phi) is 6.22. The molecule has 0 radical (unpaired) electrons. The van der Waals surface area contributed by atoms with Crippen LogP contribution in [0.15, 0.2) is 46.9 Å². The predicted octanol–water partition coefficient (Wildman–Crippen LogP) is 5.53. The van der Waals surface area contributed by atoms with Gasteiger partial charge in [0.25, 0.3) is 0 Å². The number of nitrogens with one attached hydrogen (secondary N) is 1. The summed E-state index contributed by atoms with van der Waals surface area (Å²) in [7, 11) is 1.85. The van der Waals surface area contributed by atoms with Gasteiger partial charge in [0, 0.05) is 16.1 Å². The summed E-state index contributed by atoms with van der Waals surface area (Å²) in [6, 6.07) is 13.9. The summed E-state index contributed by atoms with van der Waals surface area (Å²) in [5.74, 6) is -0.342. The molecule has 0 fully saturated rings. The van der Waals surface area contributed by atoms with Gasteiger partial charge >= 0.3 is 0 Å². The van der Waals surface area contributed by atoms with E-state index in [4.69, 9.17) is 11.6 Å². The molecule has 2 aromatic rings. The minimum Gasteiger partial charge on any atom is -0.313 e. The molecule has 0 heterocycles. The van der Waals surface area contributed by atoms with E-state index in [1.54, 1.807) is 12.1 Å². The van der Waals surface area contributed by atoms with Crippen molar-refractivity contribution >= 4 is 27.5 Å². The van der Waals surface area contributed by atoms with Gasteiger partial charge in [0.05, 0.1) is 5.02 Å². The standard InChI is InChI=1S/C17H18BrClFN/c1-21-15(9-5-8-12-6-3-2-4-7-12)13-10-11-14(18)16(19)17(13)20/h2-4,6-7,10-11,15,21H,5,8-9H2,1H3. The molecule has 2 aromatic carbocycles. The smallest absolute Gasteiger partial charge is 0.147 e. The van der Waals surface area contributed by atoms with Crippen molar-refractivity contribution in [3.63, 3.8) is 0 Å². The first-order valence-electron chi connectivity index (χ1n) is 6.98. The maximum Gasteiger partial charge on any atom is 0.147 e. The Hall–Kier alpha value is -0.900. The summed E-state index contributed by atoms with van der Waals surface area (Å²) < 4.78 is 14.8. The number of aryl methyl sites for hydroxylation is 1. The summed E-state index contributed by atoms with van der Waals surface area (Å²) in [5.41, 5.74) is 1.93. The molecule has 0 aromatic heterocycles. The van der Waals surface area contributed by atoms with E-state index in [1.165, 1.54) is 5.56 Å². The van der Waals surface area contributed by atoms with Gasteiger partial charge in [0.1, 0.15) is 5.82 Å². The highest BCUT2D eigenvalue weighted by Crippen LogP contribution is 2.31. The lowest BCUT2D eigenvalue weighted by atomic mass is 9.99. The normalized spacial score (nSPS) is 12.4. The third-order valence-corrected chi connectivity index (χ3v) is 4.85. The van der Waals surface area contributed by atoms with Crippen LogP contribution in [0.2, 0.25) is 5.02 Å². The van der Waals surface area contributed by atoms with Gasteiger partial charge < -0.3 is 5.32 Å². The lowest BCUT2D eigenvalue weighted by Crippen LogP contribution is -2.18. The molecule has 1 unspecified atom stereocenters. The molecule has 2 rings (SSSR count). The highest BCUT2D eigenvalue weighted by molar-refractivity contribution is 9.10. The number of hydrogen-bond acceptors (Lipinski definition) is 1. The molecule has 0 amide bonds. The highest BCUT2D eigenvalue weighted by Gasteiger charge is 2.17. The molecule has 112 valence electrons. The molecular formula is C17H18BrClFN. The van der Waals surface area contributed by atoms with E-state index in [9.17, 15) is 4.39 Å². The Labute approximate surface area is 138 Å². The number of halogens is 3. The summed E-state index contributed by atoms with van der Waals surface area (Å²) in [4.78, 5) is 0. The van der Waals surface area contributed by atoms with E-state index in [1.807, 2.05) is 25.2 Å². The fraction of sp³-hybridized carbons (Fsp3) is 0.294. The molecular weight excluding hydrogens is 353 g/mol. The molecule has 1 atom stereocenters. The maximum absolute atomic E-state index is 14.2. The van der Waals surface area contributed by atoms with Gasteiger partial charge in [0.15, 0.2) is 0 Å². The van der Waals surface area contributed by atoms with E-state index in [2.05, 4.69) is 33.4 Å². The summed E-state index contributed by atoms with van der Waals surface area (Å²) in [6.45, 7) is 0. The molecule has 0 spiro atoms. The Morgan fingerprint density at radius 2 is 1.90 bits per heavy atom. The van der Waals surface area contributed by atoms with Crippen molar-refractivity contribution < 1.29 is 4.39 Å². The number of benzene rings is 2. The van der Waals surface area contributed by atoms with Crippen molar-refractivity contribution in [3.05, 3.63) is 68.9 Å². The Bertz CT molecular complexity index is 589. The zero-order chi connectivity index (χ0) is 15.2. The van der Waals surface area contributed by atoms with Crippen molar-refractivity contribution in [2.45, 2.75) is 25.3 Å². The molecule has 1 N–H and O–H groups in total. The van der Waals surface area contributed by atoms with Crippen LogP contribution in [0.1, 0.15) is 30.0 Å². The largest absolute Gasteiger partial charge is 0.313 e. The van der Waals surface area contributed by atoms with Gasteiger partial charge in [-0.1, -0.05) is 48.0 Å². The average Bonchev–Trinajstić information content (AvgIpc) is 2.51. The van der Waals surface area contributed by atoms with Gasteiger partial charge in [-0.3, -0.25) is 0 Å². The van der Waals surface area contributed by atoms with Crippen LogP contribution in [0.3, 0.4) is 0 Å². The van der Waals surface area contributed by atoms with E-state index in [0.717, 1.165) is 19.3 Å². The quantitative estimate of drug-likeness (QED) is 0.660. The third kappa shape index (κ3) is 4.29. The van der Waals surface area contributed by atoms with Crippen LogP contribution in [0.25, 0.3) is 0 Å². The second kappa shape index (κ2) is 7.92. The fourth-order valence-corrected chi connectivity index (χ4v) is 2.90. The predicted molar refractivity (Wildman–Crippen MR) is 90.3 cm³/mol. The molecule has 0 saturated carbocycles. The Morgan fingerprint density at radius 3 is 2.57 bits per heavy atom. The maximum atomic E-state index is 14.2. The summed E-state index contributed by atoms with van der Waals surface area (Å²) in [6.07, 6.45) is 2.84. The number of hydrogen-bond donors (Lipinski definition) is 1. The minimum absolute atomic E-state index is 0.0284. The van der Waals surface area contributed by atoms with Gasteiger partial charge in [-0.05, 0) is 53.9 Å². The van der Waals surface area contributed by atoms with E-state index >= 15 is 0 Å².